The molecule has 1 saturated heterocycles. The summed E-state index contributed by atoms with van der Waals surface area (Å²) in [6.45, 7) is 5.00. The largest absolute Gasteiger partial charge is 0.334 e. The average Bonchev–Trinajstić information content (AvgIpc) is 2.83. The predicted octanol–water partition coefficient (Wildman–Crippen LogP) is 1.91. The minimum Gasteiger partial charge on any atom is -0.334 e. The summed E-state index contributed by atoms with van der Waals surface area (Å²) in [4.78, 5) is 14.4. The van der Waals surface area contributed by atoms with Crippen LogP contribution in [0, 0.1) is 12.8 Å². The van der Waals surface area contributed by atoms with E-state index in [0.717, 1.165) is 30.1 Å². The Morgan fingerprint density at radius 2 is 2.35 bits per heavy atom. The molecule has 1 aliphatic carbocycles. The fourth-order valence-corrected chi connectivity index (χ4v) is 3.25. The van der Waals surface area contributed by atoms with Crippen molar-refractivity contribution < 1.29 is 4.79 Å². The molecule has 0 radical (unpaired) electrons. The summed E-state index contributed by atoms with van der Waals surface area (Å²) >= 11 is 0. The number of likely N-dealkylation sites (tertiary alicyclic amines) is 1. The third-order valence-electron chi connectivity index (χ3n) is 4.38. The molecule has 1 aromatic heterocycles. The van der Waals surface area contributed by atoms with Gasteiger partial charge in [-0.15, -0.1) is 0 Å². The number of nitrogens with one attached hydrogen (secondary N) is 1. The van der Waals surface area contributed by atoms with Crippen molar-refractivity contribution in [3.63, 3.8) is 0 Å². The SMILES string of the molecule is CCc1[nH]nc(C(=O)N2C[C@@H]3CCC[C@@H]32)c1C. The third kappa shape index (κ3) is 1.50. The van der Waals surface area contributed by atoms with Crippen molar-refractivity contribution in [1.29, 1.82) is 0 Å². The molecule has 4 nitrogen and oxygen atoms in total. The van der Waals surface area contributed by atoms with Gasteiger partial charge < -0.3 is 4.90 Å². The maximum absolute atomic E-state index is 12.4. The Balaban J connectivity index is 1.80. The summed E-state index contributed by atoms with van der Waals surface area (Å²) in [5, 5.41) is 7.16. The van der Waals surface area contributed by atoms with Crippen LogP contribution >= 0.6 is 0 Å². The number of aromatic amines is 1. The van der Waals surface area contributed by atoms with Gasteiger partial charge in [0.2, 0.25) is 0 Å². The molecule has 92 valence electrons. The van der Waals surface area contributed by atoms with Gasteiger partial charge in [-0.3, -0.25) is 9.89 Å². The van der Waals surface area contributed by atoms with Crippen molar-refractivity contribution in [2.75, 3.05) is 6.54 Å². The number of H-pyrrole nitrogens is 1. The number of aryl methyl sites for hydroxylation is 1. The Morgan fingerprint density at radius 3 is 3.00 bits per heavy atom. The predicted molar refractivity (Wildman–Crippen MR) is 64.9 cm³/mol. The maximum Gasteiger partial charge on any atom is 0.274 e. The number of amides is 1. The monoisotopic (exact) mass is 233 g/mol. The number of carbonyl (C=O) groups excluding carboxylic acids is 1. The zero-order chi connectivity index (χ0) is 12.0. The normalized spacial score (nSPS) is 26.8. The highest BCUT2D eigenvalue weighted by molar-refractivity contribution is 5.94. The number of fused-ring (bicyclic) bond motifs is 1. The van der Waals surface area contributed by atoms with Crippen molar-refractivity contribution in [2.24, 2.45) is 5.92 Å². The summed E-state index contributed by atoms with van der Waals surface area (Å²) < 4.78 is 0. The van der Waals surface area contributed by atoms with Gasteiger partial charge in [-0.25, -0.2) is 0 Å². The smallest absolute Gasteiger partial charge is 0.274 e. The van der Waals surface area contributed by atoms with E-state index < -0.39 is 0 Å². The molecule has 0 unspecified atom stereocenters. The van der Waals surface area contributed by atoms with Gasteiger partial charge in [0.15, 0.2) is 5.69 Å². The van der Waals surface area contributed by atoms with Gasteiger partial charge in [-0.05, 0) is 32.1 Å². The van der Waals surface area contributed by atoms with E-state index >= 15 is 0 Å². The lowest BCUT2D eigenvalue weighted by Crippen LogP contribution is -2.56. The van der Waals surface area contributed by atoms with Gasteiger partial charge in [0, 0.05) is 23.8 Å². The van der Waals surface area contributed by atoms with E-state index in [-0.39, 0.29) is 5.91 Å². The molecule has 1 aromatic rings. The Labute approximate surface area is 101 Å². The highest BCUT2D eigenvalue weighted by Gasteiger charge is 2.45. The number of carbonyl (C=O) groups is 1. The average molecular weight is 233 g/mol. The number of hydrogen-bond donors (Lipinski definition) is 1. The lowest BCUT2D eigenvalue weighted by atomic mass is 9.91. The van der Waals surface area contributed by atoms with Gasteiger partial charge in [0.1, 0.15) is 0 Å². The van der Waals surface area contributed by atoms with Crippen LogP contribution in [0.3, 0.4) is 0 Å². The molecule has 2 heterocycles. The quantitative estimate of drug-likeness (QED) is 0.848. The second-order valence-corrected chi connectivity index (χ2v) is 5.25. The summed E-state index contributed by atoms with van der Waals surface area (Å²) in [6.07, 6.45) is 4.66. The fourth-order valence-electron chi connectivity index (χ4n) is 3.25. The molecule has 2 fully saturated rings. The zero-order valence-electron chi connectivity index (χ0n) is 10.5. The van der Waals surface area contributed by atoms with Crippen LogP contribution in [0.25, 0.3) is 0 Å². The topological polar surface area (TPSA) is 49.0 Å². The molecular weight excluding hydrogens is 214 g/mol. The van der Waals surface area contributed by atoms with E-state index in [2.05, 4.69) is 17.1 Å². The Bertz CT molecular complexity index is 452. The Morgan fingerprint density at radius 1 is 1.53 bits per heavy atom. The Kier molecular flexibility index (Phi) is 2.45. The molecule has 0 aromatic carbocycles. The lowest BCUT2D eigenvalue weighted by molar-refractivity contribution is 0.0263. The van der Waals surface area contributed by atoms with Gasteiger partial charge >= 0.3 is 0 Å². The van der Waals surface area contributed by atoms with Crippen LogP contribution in [0.15, 0.2) is 0 Å². The first-order valence-electron chi connectivity index (χ1n) is 6.57. The van der Waals surface area contributed by atoms with E-state index in [1.807, 2.05) is 11.8 Å². The Hall–Kier alpha value is -1.32. The van der Waals surface area contributed by atoms with Crippen molar-refractivity contribution in [1.82, 2.24) is 15.1 Å². The van der Waals surface area contributed by atoms with E-state index in [1.54, 1.807) is 0 Å². The third-order valence-corrected chi connectivity index (χ3v) is 4.38. The van der Waals surface area contributed by atoms with Crippen LogP contribution in [-0.4, -0.2) is 33.6 Å². The van der Waals surface area contributed by atoms with Crippen LogP contribution in [0.5, 0.6) is 0 Å². The number of rotatable bonds is 2. The molecule has 1 saturated carbocycles. The van der Waals surface area contributed by atoms with Gasteiger partial charge in [0.25, 0.3) is 5.91 Å². The van der Waals surface area contributed by atoms with E-state index in [4.69, 9.17) is 0 Å². The van der Waals surface area contributed by atoms with Crippen molar-refractivity contribution in [3.05, 3.63) is 17.0 Å². The second-order valence-electron chi connectivity index (χ2n) is 5.25. The molecule has 0 bridgehead atoms. The molecule has 17 heavy (non-hydrogen) atoms. The zero-order valence-corrected chi connectivity index (χ0v) is 10.5. The van der Waals surface area contributed by atoms with Crippen LogP contribution < -0.4 is 0 Å². The van der Waals surface area contributed by atoms with Crippen molar-refractivity contribution in [2.45, 2.75) is 45.6 Å². The van der Waals surface area contributed by atoms with Crippen LogP contribution in [0.2, 0.25) is 0 Å². The first-order chi connectivity index (χ1) is 8.22. The highest BCUT2D eigenvalue weighted by atomic mass is 16.2. The molecule has 2 aliphatic rings. The van der Waals surface area contributed by atoms with Gasteiger partial charge in [0.05, 0.1) is 0 Å². The first kappa shape index (κ1) is 10.8. The van der Waals surface area contributed by atoms with Crippen LogP contribution in [0.4, 0.5) is 0 Å². The minimum absolute atomic E-state index is 0.126. The van der Waals surface area contributed by atoms with Crippen LogP contribution in [0.1, 0.15) is 47.9 Å². The molecule has 1 aliphatic heterocycles. The first-order valence-corrected chi connectivity index (χ1v) is 6.57. The van der Waals surface area contributed by atoms with Gasteiger partial charge in [-0.1, -0.05) is 13.3 Å². The summed E-state index contributed by atoms with van der Waals surface area (Å²) in [6, 6.07) is 0.503. The number of aromatic nitrogens is 2. The molecule has 1 amide bonds. The number of nitrogens with zero attached hydrogens (tertiary/aromatic N) is 2. The molecule has 4 heteroatoms. The molecule has 0 spiro atoms. The van der Waals surface area contributed by atoms with E-state index in [9.17, 15) is 4.79 Å². The molecule has 1 N–H and O–H groups in total. The maximum atomic E-state index is 12.4. The summed E-state index contributed by atoms with van der Waals surface area (Å²) in [5.41, 5.74) is 2.74. The number of hydrogen-bond acceptors (Lipinski definition) is 2. The van der Waals surface area contributed by atoms with Gasteiger partial charge in [-0.2, -0.15) is 5.10 Å². The fraction of sp³-hybridized carbons (Fsp3) is 0.692. The second kappa shape index (κ2) is 3.86. The molecular formula is C13H19N3O. The highest BCUT2D eigenvalue weighted by Crippen LogP contribution is 2.39. The summed E-state index contributed by atoms with van der Waals surface area (Å²) in [7, 11) is 0. The van der Waals surface area contributed by atoms with E-state index in [0.29, 0.717) is 11.7 Å². The van der Waals surface area contributed by atoms with Crippen molar-refractivity contribution >= 4 is 5.91 Å². The van der Waals surface area contributed by atoms with Crippen molar-refractivity contribution in [3.8, 4) is 0 Å². The minimum atomic E-state index is 0.126. The molecule has 2 atom stereocenters. The lowest BCUT2D eigenvalue weighted by Gasteiger charge is -2.44. The van der Waals surface area contributed by atoms with Crippen LogP contribution in [-0.2, 0) is 6.42 Å². The standard InChI is InChI=1S/C13H19N3O/c1-3-10-8(2)12(15-14-10)13(17)16-7-9-5-4-6-11(9)16/h9,11H,3-7H2,1-2H3,(H,14,15)/t9-,11-/m0/s1. The molecule has 3 rings (SSSR count). The van der Waals surface area contributed by atoms with E-state index in [1.165, 1.54) is 19.3 Å². The summed E-state index contributed by atoms with van der Waals surface area (Å²) in [5.74, 6) is 0.894.